The van der Waals surface area contributed by atoms with Gasteiger partial charge in [-0.25, -0.2) is 0 Å². The minimum atomic E-state index is 0.217. The number of rotatable bonds is 15. The molecule has 0 saturated carbocycles. The number of benzene rings is 4. The molecule has 0 aliphatic carbocycles. The van der Waals surface area contributed by atoms with Gasteiger partial charge in [-0.15, -0.1) is 0 Å². The molecule has 48 heavy (non-hydrogen) atoms. The van der Waals surface area contributed by atoms with E-state index in [9.17, 15) is 5.26 Å². The first-order valence-corrected chi connectivity index (χ1v) is 16.3. The van der Waals surface area contributed by atoms with Crippen molar-refractivity contribution in [2.75, 3.05) is 54.6 Å². The highest BCUT2D eigenvalue weighted by atomic mass is 16.5. The van der Waals surface area contributed by atoms with Crippen molar-refractivity contribution >= 4 is 0 Å². The molecule has 0 spiro atoms. The normalized spacial score (nSPS) is 14.3. The van der Waals surface area contributed by atoms with Crippen LogP contribution < -0.4 is 28.4 Å². The topological polar surface area (TPSA) is 85.7 Å². The van der Waals surface area contributed by atoms with Crippen molar-refractivity contribution in [2.24, 2.45) is 0 Å². The van der Waals surface area contributed by atoms with E-state index in [0.717, 1.165) is 95.6 Å². The van der Waals surface area contributed by atoms with Crippen LogP contribution in [0.4, 0.5) is 0 Å². The quantitative estimate of drug-likeness (QED) is 0.138. The van der Waals surface area contributed by atoms with Gasteiger partial charge in [0.25, 0.3) is 0 Å². The molecule has 9 nitrogen and oxygen atoms in total. The third-order valence-corrected chi connectivity index (χ3v) is 9.12. The summed E-state index contributed by atoms with van der Waals surface area (Å²) in [4.78, 5) is 4.72. The molecular weight excluding hydrogens is 606 g/mol. The van der Waals surface area contributed by atoms with Crippen molar-refractivity contribution in [1.29, 1.82) is 5.26 Å². The molecule has 4 aromatic carbocycles. The molecule has 9 heteroatoms. The van der Waals surface area contributed by atoms with Gasteiger partial charge in [-0.2, -0.15) is 5.26 Å². The molecule has 2 fully saturated rings. The van der Waals surface area contributed by atoms with Gasteiger partial charge in [0.15, 0.2) is 0 Å². The molecule has 2 saturated heterocycles. The SMILES string of the molecule is COc1cc(OCc2cccc(-c3cccc(COc4cc(OC)c(CN5CCC5)c(OC)c4)c3C#N)c2)cc(OC)c1CN1CCC1. The summed E-state index contributed by atoms with van der Waals surface area (Å²) in [6.07, 6.45) is 2.43. The Bertz CT molecular complexity index is 1730. The van der Waals surface area contributed by atoms with Crippen LogP contribution in [0.3, 0.4) is 0 Å². The summed E-state index contributed by atoms with van der Waals surface area (Å²) in [6, 6.07) is 23.9. The maximum Gasteiger partial charge on any atom is 0.130 e. The van der Waals surface area contributed by atoms with Crippen molar-refractivity contribution in [3.63, 3.8) is 0 Å². The minimum absolute atomic E-state index is 0.217. The summed E-state index contributed by atoms with van der Waals surface area (Å²) in [5.74, 6) is 4.24. The first kappa shape index (κ1) is 33.0. The summed E-state index contributed by atoms with van der Waals surface area (Å²) in [7, 11) is 6.67. The Kier molecular flexibility index (Phi) is 10.5. The smallest absolute Gasteiger partial charge is 0.130 e. The Balaban J connectivity index is 1.17. The fraction of sp³-hybridized carbons (Fsp3) is 0.359. The van der Waals surface area contributed by atoms with Crippen molar-refractivity contribution in [1.82, 2.24) is 9.80 Å². The van der Waals surface area contributed by atoms with Gasteiger partial charge < -0.3 is 28.4 Å². The van der Waals surface area contributed by atoms with Crippen molar-refractivity contribution in [2.45, 2.75) is 39.1 Å². The lowest BCUT2D eigenvalue weighted by atomic mass is 9.95. The number of likely N-dealkylation sites (tertiary alicyclic amines) is 2. The Labute approximate surface area is 283 Å². The monoisotopic (exact) mass is 649 g/mol. The summed E-state index contributed by atoms with van der Waals surface area (Å²) in [5, 5.41) is 10.3. The van der Waals surface area contributed by atoms with Gasteiger partial charge in [-0.3, -0.25) is 9.80 Å². The molecule has 4 aromatic rings. The Morgan fingerprint density at radius 2 is 1.12 bits per heavy atom. The molecule has 0 unspecified atom stereocenters. The van der Waals surface area contributed by atoms with E-state index in [1.165, 1.54) is 12.8 Å². The third-order valence-electron chi connectivity index (χ3n) is 9.12. The zero-order valence-corrected chi connectivity index (χ0v) is 28.2. The highest BCUT2D eigenvalue weighted by Gasteiger charge is 2.22. The van der Waals surface area contributed by atoms with Crippen molar-refractivity contribution in [3.8, 4) is 51.7 Å². The first-order valence-electron chi connectivity index (χ1n) is 16.3. The van der Waals surface area contributed by atoms with Crippen molar-refractivity contribution < 1.29 is 28.4 Å². The van der Waals surface area contributed by atoms with Crippen LogP contribution in [0.2, 0.25) is 0 Å². The van der Waals surface area contributed by atoms with Crippen LogP contribution in [-0.2, 0) is 26.3 Å². The maximum absolute atomic E-state index is 10.3. The van der Waals surface area contributed by atoms with E-state index in [0.29, 0.717) is 23.7 Å². The van der Waals surface area contributed by atoms with Crippen LogP contribution in [0.25, 0.3) is 11.1 Å². The van der Waals surface area contributed by atoms with E-state index in [4.69, 9.17) is 28.4 Å². The number of hydrogen-bond donors (Lipinski definition) is 0. The second-order valence-corrected chi connectivity index (χ2v) is 12.1. The zero-order valence-electron chi connectivity index (χ0n) is 28.2. The summed E-state index contributed by atoms with van der Waals surface area (Å²) in [5.41, 5.74) is 6.12. The summed E-state index contributed by atoms with van der Waals surface area (Å²) < 4.78 is 35.3. The van der Waals surface area contributed by atoms with E-state index in [2.05, 4.69) is 21.9 Å². The largest absolute Gasteiger partial charge is 0.496 e. The van der Waals surface area contributed by atoms with E-state index in [1.807, 2.05) is 60.7 Å². The van der Waals surface area contributed by atoms with Gasteiger partial charge >= 0.3 is 0 Å². The molecule has 0 bridgehead atoms. The van der Waals surface area contributed by atoms with Crippen molar-refractivity contribution in [3.05, 3.63) is 94.5 Å². The molecule has 2 aliphatic heterocycles. The van der Waals surface area contributed by atoms with Crippen LogP contribution in [0.5, 0.6) is 34.5 Å². The third kappa shape index (κ3) is 7.30. The number of hydrogen-bond acceptors (Lipinski definition) is 9. The van der Waals surface area contributed by atoms with Gasteiger partial charge in [0.05, 0.1) is 45.1 Å². The van der Waals surface area contributed by atoms with Crippen LogP contribution >= 0.6 is 0 Å². The molecule has 2 heterocycles. The Morgan fingerprint density at radius 1 is 0.625 bits per heavy atom. The van der Waals surface area contributed by atoms with Crippen LogP contribution in [0.1, 0.15) is 40.7 Å². The molecule has 250 valence electrons. The predicted octanol–water partition coefficient (Wildman–Crippen LogP) is 6.83. The second-order valence-electron chi connectivity index (χ2n) is 12.1. The average Bonchev–Trinajstić information content (AvgIpc) is 3.09. The highest BCUT2D eigenvalue weighted by Crippen LogP contribution is 2.38. The van der Waals surface area contributed by atoms with Crippen LogP contribution in [0, 0.1) is 11.3 Å². The second kappa shape index (κ2) is 15.3. The fourth-order valence-corrected chi connectivity index (χ4v) is 6.17. The average molecular weight is 650 g/mol. The lowest BCUT2D eigenvalue weighted by Gasteiger charge is -2.31. The van der Waals surface area contributed by atoms with E-state index in [1.54, 1.807) is 28.4 Å². The number of ether oxygens (including phenoxy) is 6. The molecule has 0 N–H and O–H groups in total. The van der Waals surface area contributed by atoms with Crippen LogP contribution in [0.15, 0.2) is 66.7 Å². The number of nitrogens with zero attached hydrogens (tertiary/aromatic N) is 3. The number of nitriles is 1. The molecule has 6 rings (SSSR count). The molecule has 0 aromatic heterocycles. The molecular formula is C39H43N3O6. The standard InChI is InChI=1S/C39H43N3O6/c1-43-36-18-30(19-37(44-2)34(36)23-41-13-7-14-41)47-25-27-9-5-10-28(17-27)32-12-6-11-29(33(32)22-40)26-48-31-20-38(45-3)35(39(21-31)46-4)24-42-15-8-16-42/h5-6,9-12,17-21H,7-8,13-16,23-26H2,1-4H3. The summed E-state index contributed by atoms with van der Waals surface area (Å²) in [6.45, 7) is 6.43. The van der Waals surface area contributed by atoms with Gasteiger partial charge in [-0.1, -0.05) is 36.4 Å². The number of methoxy groups -OCH3 is 4. The lowest BCUT2D eigenvalue weighted by Crippen LogP contribution is -2.36. The van der Waals surface area contributed by atoms with Gasteiger partial charge in [-0.05, 0) is 61.8 Å². The van der Waals surface area contributed by atoms with Gasteiger partial charge in [0, 0.05) is 42.9 Å². The van der Waals surface area contributed by atoms with E-state index in [-0.39, 0.29) is 6.61 Å². The summed E-state index contributed by atoms with van der Waals surface area (Å²) >= 11 is 0. The maximum atomic E-state index is 10.3. The van der Waals surface area contributed by atoms with E-state index >= 15 is 0 Å². The Hall–Kier alpha value is -4.91. The fourth-order valence-electron chi connectivity index (χ4n) is 6.17. The zero-order chi connectivity index (χ0) is 33.5. The van der Waals surface area contributed by atoms with Gasteiger partial charge in [0.1, 0.15) is 53.8 Å². The van der Waals surface area contributed by atoms with Gasteiger partial charge in [0.2, 0.25) is 0 Å². The molecule has 0 atom stereocenters. The predicted molar refractivity (Wildman–Crippen MR) is 184 cm³/mol. The molecule has 0 amide bonds. The Morgan fingerprint density at radius 3 is 1.58 bits per heavy atom. The first-order chi connectivity index (χ1) is 23.5. The molecule has 0 radical (unpaired) electrons. The van der Waals surface area contributed by atoms with Crippen LogP contribution in [-0.4, -0.2) is 64.4 Å². The van der Waals surface area contributed by atoms with E-state index < -0.39 is 0 Å². The highest BCUT2D eigenvalue weighted by molar-refractivity contribution is 5.72. The lowest BCUT2D eigenvalue weighted by molar-refractivity contribution is 0.168. The molecule has 2 aliphatic rings. The minimum Gasteiger partial charge on any atom is -0.496 e.